The van der Waals surface area contributed by atoms with Crippen molar-refractivity contribution in [2.45, 2.75) is 69.3 Å². The molecule has 1 fully saturated rings. The molecule has 0 aliphatic carbocycles. The molecule has 0 aromatic rings. The minimum Gasteiger partial charge on any atom is -0.465 e. The number of alkyl halides is 2. The number of carbonyl (C=O) groups is 2. The van der Waals surface area contributed by atoms with Crippen LogP contribution < -0.4 is 0 Å². The number of hydrogen-bond acceptors (Lipinski definition) is 6. The standard InChI is InChI=1S/C20H32Cl2N2O4/c1-4-5-6-7-8-9-16(25)27-11-14(2)17-15(12-28-18(17)26)10-20(22)19(21)23-13-24(20)3/h13-15,17,19H,4-12H2,1-3H3/t14?,15-,17-,19?,20?/m0/s1. The highest BCUT2D eigenvalue weighted by Gasteiger charge is 2.50. The Balaban J connectivity index is 1.82. The molecule has 0 spiro atoms. The zero-order valence-electron chi connectivity index (χ0n) is 17.0. The lowest BCUT2D eigenvalue weighted by atomic mass is 9.81. The molecule has 0 aromatic carbocycles. The van der Waals surface area contributed by atoms with Crippen LogP contribution in [0.15, 0.2) is 4.99 Å². The number of aliphatic imine (C=N–C) groups is 1. The van der Waals surface area contributed by atoms with Crippen molar-refractivity contribution in [1.29, 1.82) is 0 Å². The molecule has 2 heterocycles. The van der Waals surface area contributed by atoms with E-state index in [-0.39, 0.29) is 36.3 Å². The van der Waals surface area contributed by atoms with Crippen LogP contribution in [0.25, 0.3) is 0 Å². The maximum atomic E-state index is 12.3. The second kappa shape index (κ2) is 10.7. The molecule has 0 bridgehead atoms. The van der Waals surface area contributed by atoms with Gasteiger partial charge in [-0.3, -0.25) is 14.6 Å². The second-order valence-electron chi connectivity index (χ2n) is 7.97. The molecule has 0 saturated carbocycles. The number of halogens is 2. The van der Waals surface area contributed by atoms with Gasteiger partial charge in [-0.1, -0.05) is 62.7 Å². The Bertz CT molecular complexity index is 560. The van der Waals surface area contributed by atoms with Crippen molar-refractivity contribution in [1.82, 2.24) is 4.90 Å². The molecule has 0 N–H and O–H groups in total. The number of unbranched alkanes of at least 4 members (excludes halogenated alkanes) is 4. The SMILES string of the molecule is CCCCCCCC(=O)OCC(C)[C@@H]1C(=O)OC[C@@H]1CC1(Cl)C(Cl)N=CN1C. The van der Waals surface area contributed by atoms with Gasteiger partial charge in [-0.25, -0.2) is 0 Å². The Kier molecular flexibility index (Phi) is 8.87. The summed E-state index contributed by atoms with van der Waals surface area (Å²) >= 11 is 13.0. The summed E-state index contributed by atoms with van der Waals surface area (Å²) in [5, 5.41) is 0. The van der Waals surface area contributed by atoms with Crippen LogP contribution in [0.4, 0.5) is 0 Å². The van der Waals surface area contributed by atoms with Crippen LogP contribution in [0.3, 0.4) is 0 Å². The smallest absolute Gasteiger partial charge is 0.309 e. The number of rotatable bonds is 11. The summed E-state index contributed by atoms with van der Waals surface area (Å²) in [4.78, 5) is 29.3. The predicted molar refractivity (Wildman–Crippen MR) is 111 cm³/mol. The fourth-order valence-electron chi connectivity index (χ4n) is 3.88. The first kappa shape index (κ1) is 23.3. The summed E-state index contributed by atoms with van der Waals surface area (Å²) in [6, 6.07) is 0. The largest absolute Gasteiger partial charge is 0.465 e. The third-order valence-corrected chi connectivity index (χ3v) is 6.91. The van der Waals surface area contributed by atoms with E-state index in [0.717, 1.165) is 19.3 Å². The summed E-state index contributed by atoms with van der Waals surface area (Å²) in [5.74, 6) is -1.08. The van der Waals surface area contributed by atoms with Crippen molar-refractivity contribution >= 4 is 41.5 Å². The van der Waals surface area contributed by atoms with Crippen LogP contribution in [0.5, 0.6) is 0 Å². The summed E-state index contributed by atoms with van der Waals surface area (Å²) in [6.45, 7) is 4.57. The van der Waals surface area contributed by atoms with Gasteiger partial charge in [0.15, 0.2) is 10.5 Å². The lowest BCUT2D eigenvalue weighted by Gasteiger charge is -2.35. The molecule has 6 nitrogen and oxygen atoms in total. The molecule has 0 amide bonds. The highest BCUT2D eigenvalue weighted by molar-refractivity contribution is 6.33. The molecule has 28 heavy (non-hydrogen) atoms. The molecule has 8 heteroatoms. The number of ether oxygens (including phenoxy) is 2. The summed E-state index contributed by atoms with van der Waals surface area (Å²) in [6.07, 6.45) is 7.92. The van der Waals surface area contributed by atoms with Gasteiger partial charge in [0.05, 0.1) is 25.5 Å². The Morgan fingerprint density at radius 3 is 2.79 bits per heavy atom. The molecule has 2 rings (SSSR count). The maximum absolute atomic E-state index is 12.3. The van der Waals surface area contributed by atoms with Crippen LogP contribution >= 0.6 is 23.2 Å². The molecular formula is C20H32Cl2N2O4. The summed E-state index contributed by atoms with van der Waals surface area (Å²) in [5.41, 5.74) is -0.587. The van der Waals surface area contributed by atoms with E-state index in [1.165, 1.54) is 12.8 Å². The van der Waals surface area contributed by atoms with Gasteiger partial charge in [0.25, 0.3) is 0 Å². The zero-order valence-corrected chi connectivity index (χ0v) is 18.5. The number of nitrogens with zero attached hydrogens (tertiary/aromatic N) is 2. The van der Waals surface area contributed by atoms with Crippen LogP contribution in [-0.4, -0.2) is 53.9 Å². The van der Waals surface area contributed by atoms with Gasteiger partial charge in [0.2, 0.25) is 0 Å². The minimum atomic E-state index is -0.882. The quantitative estimate of drug-likeness (QED) is 0.211. The average molecular weight is 435 g/mol. The zero-order chi connectivity index (χ0) is 20.7. The molecule has 160 valence electrons. The minimum absolute atomic E-state index is 0.0989. The normalized spacial score (nSPS) is 30.5. The fourth-order valence-corrected chi connectivity index (χ4v) is 4.47. The van der Waals surface area contributed by atoms with Gasteiger partial charge in [0.1, 0.15) is 0 Å². The molecule has 5 atom stereocenters. The van der Waals surface area contributed by atoms with Crippen molar-refractivity contribution in [2.75, 3.05) is 20.3 Å². The van der Waals surface area contributed by atoms with Crippen LogP contribution in [0, 0.1) is 17.8 Å². The van der Waals surface area contributed by atoms with E-state index in [0.29, 0.717) is 19.4 Å². The molecule has 2 aliphatic rings. The number of hydrogen-bond donors (Lipinski definition) is 0. The van der Waals surface area contributed by atoms with Crippen LogP contribution in [0.1, 0.15) is 58.8 Å². The van der Waals surface area contributed by atoms with Gasteiger partial charge in [0, 0.05) is 25.3 Å². The Morgan fingerprint density at radius 2 is 2.14 bits per heavy atom. The lowest BCUT2D eigenvalue weighted by molar-refractivity contribution is -0.149. The average Bonchev–Trinajstić information content (AvgIpc) is 3.14. The molecule has 3 unspecified atom stereocenters. The second-order valence-corrected chi connectivity index (χ2v) is 9.04. The fraction of sp³-hybridized carbons (Fsp3) is 0.850. The Morgan fingerprint density at radius 1 is 1.43 bits per heavy atom. The van der Waals surface area contributed by atoms with E-state index < -0.39 is 10.5 Å². The molecule has 0 radical (unpaired) electrons. The Hall–Kier alpha value is -1.01. The first-order chi connectivity index (χ1) is 13.3. The number of likely N-dealkylation sites (N-methyl/N-ethyl adjacent to an activating group) is 1. The van der Waals surface area contributed by atoms with E-state index in [1.807, 2.05) is 14.0 Å². The lowest BCUT2D eigenvalue weighted by Crippen LogP contribution is -2.45. The monoisotopic (exact) mass is 434 g/mol. The van der Waals surface area contributed by atoms with E-state index in [1.54, 1.807) is 11.2 Å². The van der Waals surface area contributed by atoms with E-state index in [9.17, 15) is 9.59 Å². The molecule has 2 aliphatic heterocycles. The third kappa shape index (κ3) is 5.76. The van der Waals surface area contributed by atoms with Gasteiger partial charge in [-0.15, -0.1) is 0 Å². The van der Waals surface area contributed by atoms with Crippen molar-refractivity contribution in [3.8, 4) is 0 Å². The van der Waals surface area contributed by atoms with Gasteiger partial charge >= 0.3 is 11.9 Å². The molecule has 0 aromatic heterocycles. The number of cyclic esters (lactones) is 1. The van der Waals surface area contributed by atoms with Crippen molar-refractivity contribution < 1.29 is 19.1 Å². The van der Waals surface area contributed by atoms with Gasteiger partial charge < -0.3 is 14.4 Å². The van der Waals surface area contributed by atoms with Gasteiger partial charge in [-0.05, 0) is 12.8 Å². The van der Waals surface area contributed by atoms with E-state index >= 15 is 0 Å². The summed E-state index contributed by atoms with van der Waals surface area (Å²) < 4.78 is 10.7. The summed E-state index contributed by atoms with van der Waals surface area (Å²) in [7, 11) is 1.82. The predicted octanol–water partition coefficient (Wildman–Crippen LogP) is 4.18. The van der Waals surface area contributed by atoms with E-state index in [2.05, 4.69) is 11.9 Å². The highest BCUT2D eigenvalue weighted by Crippen LogP contribution is 2.43. The highest BCUT2D eigenvalue weighted by atomic mass is 35.5. The van der Waals surface area contributed by atoms with Gasteiger partial charge in [-0.2, -0.15) is 0 Å². The van der Waals surface area contributed by atoms with E-state index in [4.69, 9.17) is 32.7 Å². The first-order valence-electron chi connectivity index (χ1n) is 10.2. The maximum Gasteiger partial charge on any atom is 0.309 e. The Labute approximate surface area is 177 Å². The third-order valence-electron chi connectivity index (χ3n) is 5.69. The van der Waals surface area contributed by atoms with Crippen molar-refractivity contribution in [2.24, 2.45) is 22.7 Å². The van der Waals surface area contributed by atoms with Crippen molar-refractivity contribution in [3.05, 3.63) is 0 Å². The van der Waals surface area contributed by atoms with Crippen LogP contribution in [-0.2, 0) is 19.1 Å². The van der Waals surface area contributed by atoms with Crippen LogP contribution in [0.2, 0.25) is 0 Å². The number of carbonyl (C=O) groups excluding carboxylic acids is 2. The van der Waals surface area contributed by atoms with Crippen molar-refractivity contribution in [3.63, 3.8) is 0 Å². The number of esters is 2. The topological polar surface area (TPSA) is 68.2 Å². The molecule has 1 saturated heterocycles. The molecular weight excluding hydrogens is 403 g/mol. The first-order valence-corrected chi connectivity index (χ1v) is 11.0.